The minimum Gasteiger partial charge on any atom is -0.481 e. The van der Waals surface area contributed by atoms with Crippen molar-refractivity contribution in [3.8, 4) is 5.88 Å². The van der Waals surface area contributed by atoms with Crippen molar-refractivity contribution in [2.24, 2.45) is 0 Å². The fraction of sp³-hybridized carbons (Fsp3) is 0.500. The molecule has 0 radical (unpaired) electrons. The SMILES string of the molecule is COC(=O)CN(C)c1cc(OC)nc(C)n1. The Morgan fingerprint density at radius 2 is 2.12 bits per heavy atom. The fourth-order valence-corrected chi connectivity index (χ4v) is 1.16. The van der Waals surface area contributed by atoms with E-state index in [0.717, 1.165) is 0 Å². The van der Waals surface area contributed by atoms with Crippen LogP contribution < -0.4 is 9.64 Å². The number of hydrogen-bond acceptors (Lipinski definition) is 6. The van der Waals surface area contributed by atoms with Crippen LogP contribution in [0.25, 0.3) is 0 Å². The van der Waals surface area contributed by atoms with Gasteiger partial charge in [-0.25, -0.2) is 4.98 Å². The van der Waals surface area contributed by atoms with Gasteiger partial charge < -0.3 is 14.4 Å². The molecule has 16 heavy (non-hydrogen) atoms. The molecule has 1 rings (SSSR count). The number of nitrogens with zero attached hydrogens (tertiary/aromatic N) is 3. The highest BCUT2D eigenvalue weighted by Crippen LogP contribution is 2.15. The topological polar surface area (TPSA) is 64.5 Å². The maximum Gasteiger partial charge on any atom is 0.325 e. The molecule has 1 aromatic rings. The molecule has 1 aromatic heterocycles. The molecule has 1 heterocycles. The molecule has 0 spiro atoms. The van der Waals surface area contributed by atoms with Crippen molar-refractivity contribution in [2.75, 3.05) is 32.7 Å². The van der Waals surface area contributed by atoms with Gasteiger partial charge in [-0.1, -0.05) is 0 Å². The number of ether oxygens (including phenoxy) is 2. The number of methoxy groups -OCH3 is 2. The van der Waals surface area contributed by atoms with Gasteiger partial charge in [0.2, 0.25) is 5.88 Å². The van der Waals surface area contributed by atoms with Crippen molar-refractivity contribution in [2.45, 2.75) is 6.92 Å². The largest absolute Gasteiger partial charge is 0.481 e. The minimum absolute atomic E-state index is 0.135. The molecule has 0 atom stereocenters. The zero-order valence-corrected chi connectivity index (χ0v) is 9.85. The third-order valence-electron chi connectivity index (χ3n) is 2.00. The second-order valence-corrected chi connectivity index (χ2v) is 3.25. The number of esters is 1. The summed E-state index contributed by atoms with van der Waals surface area (Å²) in [6, 6.07) is 1.66. The second kappa shape index (κ2) is 5.29. The first-order valence-corrected chi connectivity index (χ1v) is 4.74. The van der Waals surface area contributed by atoms with E-state index in [2.05, 4.69) is 14.7 Å². The van der Waals surface area contributed by atoms with Crippen LogP contribution in [0.2, 0.25) is 0 Å². The molecule has 0 saturated heterocycles. The number of aryl methyl sites for hydroxylation is 1. The predicted molar refractivity (Wildman–Crippen MR) is 58.6 cm³/mol. The summed E-state index contributed by atoms with van der Waals surface area (Å²) >= 11 is 0. The monoisotopic (exact) mass is 225 g/mol. The first-order chi connectivity index (χ1) is 7.56. The smallest absolute Gasteiger partial charge is 0.325 e. The lowest BCUT2D eigenvalue weighted by molar-refractivity contribution is -0.138. The predicted octanol–water partition coefficient (Wildman–Crippen LogP) is 0.403. The van der Waals surface area contributed by atoms with Gasteiger partial charge in [0.05, 0.1) is 14.2 Å². The average molecular weight is 225 g/mol. The maximum absolute atomic E-state index is 11.1. The van der Waals surface area contributed by atoms with Crippen LogP contribution in [0.3, 0.4) is 0 Å². The van der Waals surface area contributed by atoms with Gasteiger partial charge in [0.1, 0.15) is 18.2 Å². The molecule has 0 aromatic carbocycles. The summed E-state index contributed by atoms with van der Waals surface area (Å²) in [7, 11) is 4.63. The highest BCUT2D eigenvalue weighted by Gasteiger charge is 2.10. The van der Waals surface area contributed by atoms with Gasteiger partial charge >= 0.3 is 5.97 Å². The molecule has 0 aliphatic heterocycles. The summed E-state index contributed by atoms with van der Waals surface area (Å²) in [5.74, 6) is 1.36. The Hall–Kier alpha value is -1.85. The quantitative estimate of drug-likeness (QED) is 0.691. The second-order valence-electron chi connectivity index (χ2n) is 3.25. The van der Waals surface area contributed by atoms with Gasteiger partial charge in [-0.15, -0.1) is 0 Å². The standard InChI is InChI=1S/C10H15N3O3/c1-7-11-8(5-9(12-7)15-3)13(2)6-10(14)16-4/h5H,6H2,1-4H3. The lowest BCUT2D eigenvalue weighted by atomic mass is 10.4. The Bertz CT molecular complexity index is 382. The third kappa shape index (κ3) is 3.08. The Balaban J connectivity index is 2.86. The Morgan fingerprint density at radius 3 is 2.69 bits per heavy atom. The number of rotatable bonds is 4. The van der Waals surface area contributed by atoms with Gasteiger partial charge in [0.15, 0.2) is 0 Å². The zero-order chi connectivity index (χ0) is 12.1. The Kier molecular flexibility index (Phi) is 4.04. The summed E-state index contributed by atoms with van der Waals surface area (Å²) in [4.78, 5) is 21.0. The molecule has 88 valence electrons. The summed E-state index contributed by atoms with van der Waals surface area (Å²) < 4.78 is 9.60. The van der Waals surface area contributed by atoms with E-state index in [9.17, 15) is 4.79 Å². The van der Waals surface area contributed by atoms with Gasteiger partial charge in [0, 0.05) is 13.1 Å². The molecule has 0 aliphatic rings. The molecule has 0 bridgehead atoms. The normalized spacial score (nSPS) is 9.75. The number of aromatic nitrogens is 2. The van der Waals surface area contributed by atoms with E-state index >= 15 is 0 Å². The molecule has 0 amide bonds. The Labute approximate surface area is 94.2 Å². The molecule has 0 aliphatic carbocycles. The molecule has 0 N–H and O–H groups in total. The molecule has 6 nitrogen and oxygen atoms in total. The average Bonchev–Trinajstić information content (AvgIpc) is 2.27. The van der Waals surface area contributed by atoms with Gasteiger partial charge in [0.25, 0.3) is 0 Å². The van der Waals surface area contributed by atoms with E-state index in [1.807, 2.05) is 0 Å². The zero-order valence-electron chi connectivity index (χ0n) is 9.85. The van der Waals surface area contributed by atoms with Crippen LogP contribution in [0, 0.1) is 6.92 Å². The van der Waals surface area contributed by atoms with Crippen molar-refractivity contribution in [3.05, 3.63) is 11.9 Å². The first kappa shape index (κ1) is 12.2. The van der Waals surface area contributed by atoms with Crippen LogP contribution in [-0.4, -0.2) is 43.7 Å². The molecule has 0 unspecified atom stereocenters. The van der Waals surface area contributed by atoms with E-state index in [-0.39, 0.29) is 12.5 Å². The van der Waals surface area contributed by atoms with Crippen LogP contribution in [-0.2, 0) is 9.53 Å². The summed E-state index contributed by atoms with van der Waals surface area (Å²) in [5.41, 5.74) is 0. The van der Waals surface area contributed by atoms with Crippen molar-refractivity contribution in [1.82, 2.24) is 9.97 Å². The van der Waals surface area contributed by atoms with Gasteiger partial charge in [-0.2, -0.15) is 4.98 Å². The summed E-state index contributed by atoms with van der Waals surface area (Å²) in [6.07, 6.45) is 0. The van der Waals surface area contributed by atoms with Crippen LogP contribution in [0.4, 0.5) is 5.82 Å². The molecular formula is C10H15N3O3. The number of likely N-dealkylation sites (N-methyl/N-ethyl adjacent to an activating group) is 1. The third-order valence-corrected chi connectivity index (χ3v) is 2.00. The van der Waals surface area contributed by atoms with Gasteiger partial charge in [-0.05, 0) is 6.92 Å². The Morgan fingerprint density at radius 1 is 1.44 bits per heavy atom. The highest BCUT2D eigenvalue weighted by molar-refractivity contribution is 5.75. The lowest BCUT2D eigenvalue weighted by Gasteiger charge is -2.17. The first-order valence-electron chi connectivity index (χ1n) is 4.74. The molecule has 0 fully saturated rings. The molecule has 0 saturated carbocycles. The van der Waals surface area contributed by atoms with Crippen molar-refractivity contribution >= 4 is 11.8 Å². The van der Waals surface area contributed by atoms with Crippen molar-refractivity contribution < 1.29 is 14.3 Å². The minimum atomic E-state index is -0.322. The number of carbonyl (C=O) groups is 1. The number of carbonyl (C=O) groups excluding carboxylic acids is 1. The van der Waals surface area contributed by atoms with Crippen LogP contribution in [0.5, 0.6) is 5.88 Å². The van der Waals surface area contributed by atoms with Gasteiger partial charge in [-0.3, -0.25) is 4.79 Å². The van der Waals surface area contributed by atoms with Crippen molar-refractivity contribution in [1.29, 1.82) is 0 Å². The maximum atomic E-state index is 11.1. The van der Waals surface area contributed by atoms with E-state index in [1.54, 1.807) is 24.9 Å². The summed E-state index contributed by atoms with van der Waals surface area (Å²) in [5, 5.41) is 0. The summed E-state index contributed by atoms with van der Waals surface area (Å²) in [6.45, 7) is 1.90. The number of anilines is 1. The molecular weight excluding hydrogens is 210 g/mol. The highest BCUT2D eigenvalue weighted by atomic mass is 16.5. The fourth-order valence-electron chi connectivity index (χ4n) is 1.16. The van der Waals surface area contributed by atoms with Crippen molar-refractivity contribution in [3.63, 3.8) is 0 Å². The van der Waals surface area contributed by atoms with Crippen LogP contribution in [0.15, 0.2) is 6.07 Å². The number of hydrogen-bond donors (Lipinski definition) is 0. The van der Waals surface area contributed by atoms with E-state index < -0.39 is 0 Å². The van der Waals surface area contributed by atoms with E-state index in [1.165, 1.54) is 14.2 Å². The lowest BCUT2D eigenvalue weighted by Crippen LogP contribution is -2.27. The van der Waals surface area contributed by atoms with Crippen LogP contribution >= 0.6 is 0 Å². The van der Waals surface area contributed by atoms with Crippen LogP contribution in [0.1, 0.15) is 5.82 Å². The van der Waals surface area contributed by atoms with E-state index in [0.29, 0.717) is 17.5 Å². The van der Waals surface area contributed by atoms with E-state index in [4.69, 9.17) is 4.74 Å². The molecule has 6 heteroatoms.